The fourth-order valence-corrected chi connectivity index (χ4v) is 3.55. The molecule has 5 nitrogen and oxygen atoms in total. The predicted octanol–water partition coefficient (Wildman–Crippen LogP) is 5.46. The van der Waals surface area contributed by atoms with E-state index in [4.69, 9.17) is 16.0 Å². The van der Waals surface area contributed by atoms with Gasteiger partial charge in [0.05, 0.1) is 10.6 Å². The van der Waals surface area contributed by atoms with E-state index in [1.165, 1.54) is 0 Å². The van der Waals surface area contributed by atoms with Gasteiger partial charge in [-0.3, -0.25) is 5.32 Å². The number of rotatable bonds is 6. The summed E-state index contributed by atoms with van der Waals surface area (Å²) in [6.45, 7) is 4.23. The normalized spacial score (nSPS) is 12.1. The number of aliphatic hydroxyl groups is 1. The maximum Gasteiger partial charge on any atom is 0.249 e. The highest BCUT2D eigenvalue weighted by Gasteiger charge is 2.17. The summed E-state index contributed by atoms with van der Waals surface area (Å²) in [5.74, 6) is 0.808. The van der Waals surface area contributed by atoms with Crippen LogP contribution in [0.2, 0.25) is 5.02 Å². The van der Waals surface area contributed by atoms with Gasteiger partial charge >= 0.3 is 0 Å². The standard InChI is InChI=1S/C24H22ClN3O2/c1-15-19(18-7-4-3-5-8-18)9-6-10-20(15)23-27-28-24(30-23)21-13-17(11-12-22(21)25)14-26-16(2)29/h3-13,16,26,29H,14H2,1-2H3. The number of aromatic nitrogens is 2. The van der Waals surface area contributed by atoms with Crippen LogP contribution in [0.15, 0.2) is 71.1 Å². The van der Waals surface area contributed by atoms with Crippen molar-refractivity contribution in [2.45, 2.75) is 26.6 Å². The van der Waals surface area contributed by atoms with Crippen molar-refractivity contribution in [3.63, 3.8) is 0 Å². The average Bonchev–Trinajstić information content (AvgIpc) is 3.23. The molecule has 0 aliphatic rings. The van der Waals surface area contributed by atoms with E-state index in [0.717, 1.165) is 27.8 Å². The van der Waals surface area contributed by atoms with Crippen molar-refractivity contribution in [2.24, 2.45) is 0 Å². The number of benzene rings is 3. The fourth-order valence-electron chi connectivity index (χ4n) is 3.35. The van der Waals surface area contributed by atoms with E-state index in [1.54, 1.807) is 13.0 Å². The van der Waals surface area contributed by atoms with Crippen LogP contribution in [0.3, 0.4) is 0 Å². The number of nitrogens with zero attached hydrogens (tertiary/aromatic N) is 2. The van der Waals surface area contributed by atoms with Gasteiger partial charge in [-0.2, -0.15) is 0 Å². The summed E-state index contributed by atoms with van der Waals surface area (Å²) in [5, 5.41) is 21.4. The molecule has 0 spiro atoms. The van der Waals surface area contributed by atoms with E-state index in [1.807, 2.05) is 42.5 Å². The summed E-state index contributed by atoms with van der Waals surface area (Å²) >= 11 is 6.39. The van der Waals surface area contributed by atoms with Crippen LogP contribution in [-0.2, 0) is 6.54 Å². The van der Waals surface area contributed by atoms with E-state index >= 15 is 0 Å². The molecule has 3 aromatic carbocycles. The third kappa shape index (κ3) is 4.28. The Hall–Kier alpha value is -2.99. The smallest absolute Gasteiger partial charge is 0.249 e. The maximum atomic E-state index is 9.44. The lowest BCUT2D eigenvalue weighted by molar-refractivity contribution is 0.155. The summed E-state index contributed by atoms with van der Waals surface area (Å²) in [4.78, 5) is 0. The summed E-state index contributed by atoms with van der Waals surface area (Å²) in [6, 6.07) is 21.8. The molecule has 0 saturated heterocycles. The van der Waals surface area contributed by atoms with Crippen LogP contribution in [-0.4, -0.2) is 21.5 Å². The molecule has 0 bridgehead atoms. The van der Waals surface area contributed by atoms with Crippen LogP contribution in [0, 0.1) is 6.92 Å². The number of aliphatic hydroxyl groups excluding tert-OH is 1. The first kappa shape index (κ1) is 20.3. The van der Waals surface area contributed by atoms with E-state index in [-0.39, 0.29) is 0 Å². The molecule has 4 rings (SSSR count). The van der Waals surface area contributed by atoms with E-state index < -0.39 is 6.23 Å². The van der Waals surface area contributed by atoms with Crippen molar-refractivity contribution < 1.29 is 9.52 Å². The Bertz CT molecular complexity index is 1160. The summed E-state index contributed by atoms with van der Waals surface area (Å²) in [5.41, 5.74) is 5.84. The second kappa shape index (κ2) is 8.79. The Balaban J connectivity index is 1.68. The minimum atomic E-state index is -0.598. The van der Waals surface area contributed by atoms with Crippen molar-refractivity contribution in [3.8, 4) is 34.0 Å². The first-order valence-electron chi connectivity index (χ1n) is 9.72. The van der Waals surface area contributed by atoms with Gasteiger partial charge in [0.2, 0.25) is 11.8 Å². The van der Waals surface area contributed by atoms with E-state index in [9.17, 15) is 5.11 Å². The van der Waals surface area contributed by atoms with Crippen LogP contribution < -0.4 is 5.32 Å². The van der Waals surface area contributed by atoms with E-state index in [2.05, 4.69) is 40.6 Å². The Morgan fingerprint density at radius 2 is 1.63 bits per heavy atom. The lowest BCUT2D eigenvalue weighted by atomic mass is 9.96. The van der Waals surface area contributed by atoms with Crippen molar-refractivity contribution >= 4 is 11.6 Å². The van der Waals surface area contributed by atoms with Crippen LogP contribution in [0.25, 0.3) is 34.0 Å². The highest BCUT2D eigenvalue weighted by atomic mass is 35.5. The first-order chi connectivity index (χ1) is 14.5. The van der Waals surface area contributed by atoms with Crippen LogP contribution >= 0.6 is 11.6 Å². The van der Waals surface area contributed by atoms with E-state index in [0.29, 0.717) is 28.9 Å². The van der Waals surface area contributed by atoms with Gasteiger partial charge in [-0.25, -0.2) is 0 Å². The zero-order valence-electron chi connectivity index (χ0n) is 16.8. The molecule has 0 saturated carbocycles. The zero-order valence-corrected chi connectivity index (χ0v) is 17.5. The molecule has 1 heterocycles. The van der Waals surface area contributed by atoms with Gasteiger partial charge in [-0.05, 0) is 54.3 Å². The molecule has 0 aliphatic carbocycles. The summed E-state index contributed by atoms with van der Waals surface area (Å²) in [7, 11) is 0. The Morgan fingerprint density at radius 3 is 2.37 bits per heavy atom. The Morgan fingerprint density at radius 1 is 0.933 bits per heavy atom. The molecular weight excluding hydrogens is 398 g/mol. The van der Waals surface area contributed by atoms with Crippen LogP contribution in [0.5, 0.6) is 0 Å². The molecule has 152 valence electrons. The molecule has 1 unspecified atom stereocenters. The molecule has 1 aromatic heterocycles. The van der Waals surface area contributed by atoms with Gasteiger partial charge in [-0.15, -0.1) is 10.2 Å². The van der Waals surface area contributed by atoms with Crippen molar-refractivity contribution in [1.29, 1.82) is 0 Å². The number of hydrogen-bond donors (Lipinski definition) is 2. The Kier molecular flexibility index (Phi) is 5.95. The topological polar surface area (TPSA) is 71.2 Å². The Labute approximate surface area is 180 Å². The predicted molar refractivity (Wildman–Crippen MR) is 119 cm³/mol. The third-order valence-corrected chi connectivity index (χ3v) is 5.27. The highest BCUT2D eigenvalue weighted by Crippen LogP contribution is 2.34. The summed E-state index contributed by atoms with van der Waals surface area (Å²) < 4.78 is 6.01. The number of nitrogens with one attached hydrogen (secondary N) is 1. The zero-order chi connectivity index (χ0) is 21.1. The quantitative estimate of drug-likeness (QED) is 0.406. The van der Waals surface area contributed by atoms with Crippen molar-refractivity contribution in [1.82, 2.24) is 15.5 Å². The third-order valence-electron chi connectivity index (χ3n) is 4.94. The van der Waals surface area contributed by atoms with Gasteiger partial charge in [0.15, 0.2) is 0 Å². The minimum Gasteiger partial charge on any atom is -0.416 e. The second-order valence-corrected chi connectivity index (χ2v) is 7.53. The minimum absolute atomic E-state index is 0.360. The maximum absolute atomic E-state index is 9.44. The molecule has 6 heteroatoms. The van der Waals surface area contributed by atoms with Crippen molar-refractivity contribution in [3.05, 3.63) is 82.9 Å². The second-order valence-electron chi connectivity index (χ2n) is 7.13. The largest absolute Gasteiger partial charge is 0.416 e. The molecule has 0 aliphatic heterocycles. The number of hydrogen-bond acceptors (Lipinski definition) is 5. The van der Waals surface area contributed by atoms with Gasteiger partial charge in [-0.1, -0.05) is 60.1 Å². The van der Waals surface area contributed by atoms with Gasteiger partial charge in [0.25, 0.3) is 0 Å². The fraction of sp³-hybridized carbons (Fsp3) is 0.167. The van der Waals surface area contributed by atoms with Crippen molar-refractivity contribution in [2.75, 3.05) is 0 Å². The lowest BCUT2D eigenvalue weighted by Gasteiger charge is -2.09. The van der Waals surface area contributed by atoms with Gasteiger partial charge in [0.1, 0.15) is 6.23 Å². The van der Waals surface area contributed by atoms with Gasteiger partial charge in [0, 0.05) is 12.1 Å². The first-order valence-corrected chi connectivity index (χ1v) is 10.1. The molecular formula is C24H22ClN3O2. The van der Waals surface area contributed by atoms with Crippen LogP contribution in [0.1, 0.15) is 18.1 Å². The van der Waals surface area contributed by atoms with Crippen LogP contribution in [0.4, 0.5) is 0 Å². The molecule has 0 amide bonds. The molecule has 0 radical (unpaired) electrons. The lowest BCUT2D eigenvalue weighted by Crippen LogP contribution is -2.24. The SMILES string of the molecule is Cc1c(-c2ccccc2)cccc1-c1nnc(-c2cc(CNC(C)O)ccc2Cl)o1. The highest BCUT2D eigenvalue weighted by molar-refractivity contribution is 6.33. The molecule has 4 aromatic rings. The molecule has 30 heavy (non-hydrogen) atoms. The monoisotopic (exact) mass is 419 g/mol. The summed E-state index contributed by atoms with van der Waals surface area (Å²) in [6.07, 6.45) is -0.598. The van der Waals surface area contributed by atoms with Gasteiger partial charge < -0.3 is 9.52 Å². The molecule has 1 atom stereocenters. The molecule has 2 N–H and O–H groups in total. The molecule has 0 fully saturated rings. The number of halogens is 1. The average molecular weight is 420 g/mol.